The number of aryl methyl sites for hydroxylation is 1. The van der Waals surface area contributed by atoms with Gasteiger partial charge in [0.05, 0.1) is 11.1 Å². The van der Waals surface area contributed by atoms with E-state index in [4.69, 9.17) is 4.74 Å². The molecule has 7 heteroatoms. The van der Waals surface area contributed by atoms with E-state index in [0.29, 0.717) is 6.54 Å². The van der Waals surface area contributed by atoms with Crippen LogP contribution < -0.4 is 5.32 Å². The molecule has 0 spiro atoms. The molecular formula is C18H22N2O5. The summed E-state index contributed by atoms with van der Waals surface area (Å²) in [6.07, 6.45) is 1.78. The van der Waals surface area contributed by atoms with Gasteiger partial charge in [-0.3, -0.25) is 19.3 Å². The SMILES string of the molecule is CCCCNC(=O)COC(=O)C(C)N1C(=O)c2ccc(C)cc2C1=O. The summed E-state index contributed by atoms with van der Waals surface area (Å²) in [5.74, 6) is -2.26. The number of fused-ring (bicyclic) bond motifs is 1. The molecule has 25 heavy (non-hydrogen) atoms. The normalized spacial score (nSPS) is 14.3. The van der Waals surface area contributed by atoms with Crippen molar-refractivity contribution >= 4 is 23.7 Å². The van der Waals surface area contributed by atoms with Gasteiger partial charge in [0, 0.05) is 6.54 Å². The molecule has 7 nitrogen and oxygen atoms in total. The number of hydrogen-bond acceptors (Lipinski definition) is 5. The second-order valence-corrected chi connectivity index (χ2v) is 6.02. The largest absolute Gasteiger partial charge is 0.454 e. The summed E-state index contributed by atoms with van der Waals surface area (Å²) < 4.78 is 4.93. The van der Waals surface area contributed by atoms with Crippen LogP contribution in [0.4, 0.5) is 0 Å². The Bertz CT molecular complexity index is 713. The van der Waals surface area contributed by atoms with E-state index in [9.17, 15) is 19.2 Å². The quantitative estimate of drug-likeness (QED) is 0.458. The van der Waals surface area contributed by atoms with E-state index in [2.05, 4.69) is 5.32 Å². The predicted molar refractivity (Wildman–Crippen MR) is 90.0 cm³/mol. The van der Waals surface area contributed by atoms with Crippen molar-refractivity contribution in [2.24, 2.45) is 0 Å². The fraction of sp³-hybridized carbons (Fsp3) is 0.444. The van der Waals surface area contributed by atoms with Crippen molar-refractivity contribution in [3.8, 4) is 0 Å². The van der Waals surface area contributed by atoms with Crippen molar-refractivity contribution in [2.45, 2.75) is 39.7 Å². The highest BCUT2D eigenvalue weighted by Gasteiger charge is 2.41. The molecule has 1 aromatic rings. The van der Waals surface area contributed by atoms with Crippen LogP contribution >= 0.6 is 0 Å². The summed E-state index contributed by atoms with van der Waals surface area (Å²) in [6.45, 7) is 5.30. The zero-order valence-electron chi connectivity index (χ0n) is 14.6. The van der Waals surface area contributed by atoms with Crippen LogP contribution in [0.15, 0.2) is 18.2 Å². The molecule has 3 amide bonds. The monoisotopic (exact) mass is 346 g/mol. The van der Waals surface area contributed by atoms with Crippen LogP contribution in [-0.4, -0.2) is 47.8 Å². The summed E-state index contributed by atoms with van der Waals surface area (Å²) in [4.78, 5) is 49.4. The van der Waals surface area contributed by atoms with Gasteiger partial charge in [-0.1, -0.05) is 25.0 Å². The van der Waals surface area contributed by atoms with Crippen molar-refractivity contribution < 1.29 is 23.9 Å². The minimum absolute atomic E-state index is 0.271. The van der Waals surface area contributed by atoms with Crippen molar-refractivity contribution in [1.82, 2.24) is 10.2 Å². The maximum Gasteiger partial charge on any atom is 0.329 e. The van der Waals surface area contributed by atoms with E-state index in [-0.39, 0.29) is 11.1 Å². The van der Waals surface area contributed by atoms with E-state index in [1.165, 1.54) is 6.92 Å². The second-order valence-electron chi connectivity index (χ2n) is 6.02. The Labute approximate surface area is 146 Å². The first-order valence-corrected chi connectivity index (χ1v) is 8.28. The number of imide groups is 1. The standard InChI is InChI=1S/C18H22N2O5/c1-4-5-8-19-15(21)10-25-18(24)12(3)20-16(22)13-7-6-11(2)9-14(13)17(20)23/h6-7,9,12H,4-5,8,10H2,1-3H3,(H,19,21). The van der Waals surface area contributed by atoms with Gasteiger partial charge in [-0.05, 0) is 32.4 Å². The lowest BCUT2D eigenvalue weighted by Crippen LogP contribution is -2.44. The van der Waals surface area contributed by atoms with Crippen LogP contribution in [0.2, 0.25) is 0 Å². The van der Waals surface area contributed by atoms with Gasteiger partial charge in [0.15, 0.2) is 6.61 Å². The number of ether oxygens (including phenoxy) is 1. The molecule has 1 heterocycles. The van der Waals surface area contributed by atoms with Gasteiger partial charge >= 0.3 is 5.97 Å². The molecule has 0 radical (unpaired) electrons. The average molecular weight is 346 g/mol. The van der Waals surface area contributed by atoms with Crippen LogP contribution in [0.3, 0.4) is 0 Å². The van der Waals surface area contributed by atoms with Crippen LogP contribution in [0, 0.1) is 6.92 Å². The summed E-state index contributed by atoms with van der Waals surface area (Å²) >= 11 is 0. The maximum absolute atomic E-state index is 12.4. The average Bonchev–Trinajstić information content (AvgIpc) is 2.82. The Hall–Kier alpha value is -2.70. The lowest BCUT2D eigenvalue weighted by atomic mass is 10.1. The molecule has 134 valence electrons. The molecule has 0 aromatic heterocycles. The molecule has 1 unspecified atom stereocenters. The first kappa shape index (κ1) is 18.6. The van der Waals surface area contributed by atoms with Gasteiger partial charge in [0.2, 0.25) is 0 Å². The van der Waals surface area contributed by atoms with E-state index in [1.54, 1.807) is 18.2 Å². The highest BCUT2D eigenvalue weighted by molar-refractivity contribution is 6.22. The number of nitrogens with one attached hydrogen (secondary N) is 1. The smallest absolute Gasteiger partial charge is 0.329 e. The minimum atomic E-state index is -1.10. The van der Waals surface area contributed by atoms with Gasteiger partial charge in [-0.15, -0.1) is 0 Å². The van der Waals surface area contributed by atoms with Crippen LogP contribution in [0.25, 0.3) is 0 Å². The third kappa shape index (κ3) is 4.04. The van der Waals surface area contributed by atoms with Crippen molar-refractivity contribution in [3.63, 3.8) is 0 Å². The number of amides is 3. The molecule has 0 saturated heterocycles. The van der Waals surface area contributed by atoms with Gasteiger partial charge in [0.1, 0.15) is 6.04 Å². The molecule has 1 aromatic carbocycles. The summed E-state index contributed by atoms with van der Waals surface area (Å²) in [6, 6.07) is 3.83. The Morgan fingerprint density at radius 2 is 1.88 bits per heavy atom. The lowest BCUT2D eigenvalue weighted by molar-refractivity contribution is -0.151. The van der Waals surface area contributed by atoms with Crippen molar-refractivity contribution in [1.29, 1.82) is 0 Å². The highest BCUT2D eigenvalue weighted by Crippen LogP contribution is 2.25. The molecule has 0 aliphatic carbocycles. The number of rotatable bonds is 7. The van der Waals surface area contributed by atoms with Crippen LogP contribution in [0.5, 0.6) is 0 Å². The molecular weight excluding hydrogens is 324 g/mol. The minimum Gasteiger partial charge on any atom is -0.454 e. The maximum atomic E-state index is 12.4. The van der Waals surface area contributed by atoms with Gasteiger partial charge < -0.3 is 10.1 Å². The zero-order valence-corrected chi connectivity index (χ0v) is 14.6. The number of hydrogen-bond donors (Lipinski definition) is 1. The third-order valence-corrected chi connectivity index (χ3v) is 4.00. The Morgan fingerprint density at radius 3 is 2.56 bits per heavy atom. The fourth-order valence-corrected chi connectivity index (χ4v) is 2.54. The van der Waals surface area contributed by atoms with E-state index in [1.807, 2.05) is 13.8 Å². The number of carbonyl (C=O) groups excluding carboxylic acids is 4. The van der Waals surface area contributed by atoms with Crippen molar-refractivity contribution in [3.05, 3.63) is 34.9 Å². The van der Waals surface area contributed by atoms with E-state index in [0.717, 1.165) is 23.3 Å². The molecule has 2 rings (SSSR count). The first-order chi connectivity index (χ1) is 11.9. The number of esters is 1. The fourth-order valence-electron chi connectivity index (χ4n) is 2.54. The van der Waals surface area contributed by atoms with Gasteiger partial charge in [-0.25, -0.2) is 4.79 Å². The van der Waals surface area contributed by atoms with Gasteiger partial charge in [-0.2, -0.15) is 0 Å². The molecule has 1 aliphatic rings. The molecule has 0 bridgehead atoms. The van der Waals surface area contributed by atoms with E-state index >= 15 is 0 Å². The molecule has 1 atom stereocenters. The van der Waals surface area contributed by atoms with Crippen LogP contribution in [0.1, 0.15) is 53.0 Å². The first-order valence-electron chi connectivity index (χ1n) is 8.28. The summed E-state index contributed by atoms with van der Waals surface area (Å²) in [7, 11) is 0. The predicted octanol–water partition coefficient (Wildman–Crippen LogP) is 1.44. The number of benzene rings is 1. The second kappa shape index (κ2) is 7.92. The van der Waals surface area contributed by atoms with Crippen molar-refractivity contribution in [2.75, 3.05) is 13.2 Å². The summed E-state index contributed by atoms with van der Waals surface area (Å²) in [5.41, 5.74) is 1.40. The lowest BCUT2D eigenvalue weighted by Gasteiger charge is -2.20. The topological polar surface area (TPSA) is 92.8 Å². The molecule has 0 saturated carbocycles. The van der Waals surface area contributed by atoms with Crippen LogP contribution in [-0.2, 0) is 14.3 Å². The third-order valence-electron chi connectivity index (χ3n) is 4.00. The molecule has 0 fully saturated rings. The number of carbonyl (C=O) groups is 4. The Morgan fingerprint density at radius 1 is 1.20 bits per heavy atom. The molecule has 1 aliphatic heterocycles. The molecule has 1 N–H and O–H groups in total. The Kier molecular flexibility index (Phi) is 5.90. The van der Waals surface area contributed by atoms with E-state index < -0.39 is 36.3 Å². The zero-order chi connectivity index (χ0) is 18.6. The number of unbranched alkanes of at least 4 members (excludes halogenated alkanes) is 1. The summed E-state index contributed by atoms with van der Waals surface area (Å²) in [5, 5.41) is 2.62. The highest BCUT2D eigenvalue weighted by atomic mass is 16.5. The Balaban J connectivity index is 1.97. The van der Waals surface area contributed by atoms with Gasteiger partial charge in [0.25, 0.3) is 17.7 Å². The number of nitrogens with zero attached hydrogens (tertiary/aromatic N) is 1.